The van der Waals surface area contributed by atoms with E-state index in [2.05, 4.69) is 4.90 Å². The summed E-state index contributed by atoms with van der Waals surface area (Å²) in [5, 5.41) is 9.70. The third-order valence-electron chi connectivity index (χ3n) is 5.62. The first-order chi connectivity index (χ1) is 13.8. The summed E-state index contributed by atoms with van der Waals surface area (Å²) < 4.78 is 11.5. The van der Waals surface area contributed by atoms with Crippen molar-refractivity contribution in [2.45, 2.75) is 40.2 Å². The third kappa shape index (κ3) is 4.62. The van der Waals surface area contributed by atoms with Gasteiger partial charge in [-0.15, -0.1) is 0 Å². The molecule has 158 valence electrons. The molecular formula is C22H30N2O5. The lowest BCUT2D eigenvalue weighted by Crippen LogP contribution is -2.52. The van der Waals surface area contributed by atoms with Gasteiger partial charge in [-0.25, -0.2) is 4.79 Å². The highest BCUT2D eigenvalue weighted by Crippen LogP contribution is 2.31. The number of amides is 1. The molecule has 0 spiro atoms. The molecule has 1 atom stereocenters. The highest BCUT2D eigenvalue weighted by molar-refractivity contribution is 5.89. The largest absolute Gasteiger partial charge is 0.480 e. The standard InChI is InChI=1S/C22H30N2O5/c1-14-12-18(20-15(2)16(3)22(27)29-19(20)13-14)28-17(4)21(26)24-9-7-23(8-10-24)6-5-11-25/h12-13,17,25H,5-11H2,1-4H3. The van der Waals surface area contributed by atoms with Gasteiger partial charge in [-0.1, -0.05) is 0 Å². The summed E-state index contributed by atoms with van der Waals surface area (Å²) in [6, 6.07) is 3.69. The Hall–Kier alpha value is -2.38. The summed E-state index contributed by atoms with van der Waals surface area (Å²) in [5.74, 6) is 0.514. The van der Waals surface area contributed by atoms with E-state index in [1.165, 1.54) is 0 Å². The molecule has 1 aromatic carbocycles. The van der Waals surface area contributed by atoms with E-state index < -0.39 is 6.10 Å². The molecule has 1 aliphatic rings. The maximum absolute atomic E-state index is 12.9. The Bertz CT molecular complexity index is 944. The lowest BCUT2D eigenvalue weighted by Gasteiger charge is -2.35. The molecule has 1 aromatic heterocycles. The van der Waals surface area contributed by atoms with Crippen molar-refractivity contribution in [1.82, 2.24) is 9.80 Å². The van der Waals surface area contributed by atoms with Gasteiger partial charge in [0.15, 0.2) is 6.10 Å². The molecule has 29 heavy (non-hydrogen) atoms. The first kappa shape index (κ1) is 21.3. The zero-order valence-corrected chi connectivity index (χ0v) is 17.7. The van der Waals surface area contributed by atoms with Crippen LogP contribution < -0.4 is 10.4 Å². The van der Waals surface area contributed by atoms with Gasteiger partial charge in [0.1, 0.15) is 11.3 Å². The van der Waals surface area contributed by atoms with Crippen molar-refractivity contribution in [3.63, 3.8) is 0 Å². The first-order valence-electron chi connectivity index (χ1n) is 10.1. The van der Waals surface area contributed by atoms with E-state index in [-0.39, 0.29) is 18.1 Å². The number of aliphatic hydroxyl groups excluding tert-OH is 1. The van der Waals surface area contributed by atoms with Crippen LogP contribution in [0.4, 0.5) is 0 Å². The van der Waals surface area contributed by atoms with Crippen LogP contribution >= 0.6 is 0 Å². The minimum Gasteiger partial charge on any atom is -0.480 e. The molecule has 1 N–H and O–H groups in total. The summed E-state index contributed by atoms with van der Waals surface area (Å²) in [5.41, 5.74) is 2.38. The van der Waals surface area contributed by atoms with Gasteiger partial charge in [0.25, 0.3) is 5.91 Å². The Balaban J connectivity index is 1.76. The van der Waals surface area contributed by atoms with Gasteiger partial charge in [0.05, 0.1) is 5.39 Å². The van der Waals surface area contributed by atoms with Crippen molar-refractivity contribution in [3.8, 4) is 5.75 Å². The van der Waals surface area contributed by atoms with Crippen LogP contribution in [0.3, 0.4) is 0 Å². The SMILES string of the molecule is Cc1cc(OC(C)C(=O)N2CCN(CCCO)CC2)c2c(C)c(C)c(=O)oc2c1. The summed E-state index contributed by atoms with van der Waals surface area (Å²) in [4.78, 5) is 29.0. The minimum absolute atomic E-state index is 0.0479. The summed E-state index contributed by atoms with van der Waals surface area (Å²) in [6.45, 7) is 11.2. The van der Waals surface area contributed by atoms with Crippen LogP contribution in [-0.2, 0) is 4.79 Å². The van der Waals surface area contributed by atoms with Crippen LogP contribution in [0.25, 0.3) is 11.0 Å². The maximum Gasteiger partial charge on any atom is 0.339 e. The van der Waals surface area contributed by atoms with Crippen LogP contribution in [-0.4, -0.2) is 66.2 Å². The smallest absolute Gasteiger partial charge is 0.339 e. The van der Waals surface area contributed by atoms with Crippen molar-refractivity contribution in [2.75, 3.05) is 39.3 Å². The summed E-state index contributed by atoms with van der Waals surface area (Å²) in [6.07, 6.45) is 0.110. The molecule has 0 aliphatic carbocycles. The van der Waals surface area contributed by atoms with E-state index in [0.717, 1.165) is 42.6 Å². The number of rotatable bonds is 6. The van der Waals surface area contributed by atoms with Gasteiger partial charge >= 0.3 is 5.63 Å². The van der Waals surface area contributed by atoms with E-state index in [1.807, 2.05) is 30.9 Å². The molecule has 1 fully saturated rings. The molecule has 1 aliphatic heterocycles. The van der Waals surface area contributed by atoms with Crippen LogP contribution in [0.1, 0.15) is 30.0 Å². The first-order valence-corrected chi connectivity index (χ1v) is 10.1. The van der Waals surface area contributed by atoms with Crippen LogP contribution in [0.5, 0.6) is 5.75 Å². The van der Waals surface area contributed by atoms with Crippen molar-refractivity contribution >= 4 is 16.9 Å². The van der Waals surface area contributed by atoms with E-state index in [4.69, 9.17) is 14.3 Å². The molecule has 7 nitrogen and oxygen atoms in total. The number of benzene rings is 1. The van der Waals surface area contributed by atoms with Crippen LogP contribution in [0.2, 0.25) is 0 Å². The third-order valence-corrected chi connectivity index (χ3v) is 5.62. The number of ether oxygens (including phenoxy) is 1. The quantitative estimate of drug-likeness (QED) is 0.745. The highest BCUT2D eigenvalue weighted by atomic mass is 16.5. The summed E-state index contributed by atoms with van der Waals surface area (Å²) in [7, 11) is 0. The number of carbonyl (C=O) groups is 1. The lowest BCUT2D eigenvalue weighted by molar-refractivity contribution is -0.139. The highest BCUT2D eigenvalue weighted by Gasteiger charge is 2.27. The minimum atomic E-state index is -0.643. The molecule has 1 saturated heterocycles. The summed E-state index contributed by atoms with van der Waals surface area (Å²) >= 11 is 0. The average molecular weight is 402 g/mol. The van der Waals surface area contributed by atoms with E-state index >= 15 is 0 Å². The number of hydrogen-bond donors (Lipinski definition) is 1. The molecule has 0 radical (unpaired) electrons. The van der Waals surface area contributed by atoms with Crippen LogP contribution in [0.15, 0.2) is 21.3 Å². The molecule has 3 rings (SSSR count). The molecular weight excluding hydrogens is 372 g/mol. The molecule has 2 aromatic rings. The number of aliphatic hydroxyl groups is 1. The Kier molecular flexibility index (Phi) is 6.59. The van der Waals surface area contributed by atoms with Gasteiger partial charge in [0.2, 0.25) is 0 Å². The monoisotopic (exact) mass is 402 g/mol. The van der Waals surface area contributed by atoms with Gasteiger partial charge in [-0.3, -0.25) is 9.69 Å². The Labute approximate surface area is 170 Å². The number of hydrogen-bond acceptors (Lipinski definition) is 6. The second-order valence-corrected chi connectivity index (χ2v) is 7.78. The van der Waals surface area contributed by atoms with Crippen molar-refractivity contribution < 1.29 is 19.1 Å². The fourth-order valence-electron chi connectivity index (χ4n) is 3.77. The zero-order chi connectivity index (χ0) is 21.1. The second-order valence-electron chi connectivity index (χ2n) is 7.78. The second kappa shape index (κ2) is 8.97. The van der Waals surface area contributed by atoms with Crippen molar-refractivity contribution in [1.29, 1.82) is 0 Å². The van der Waals surface area contributed by atoms with Gasteiger partial charge in [0, 0.05) is 44.9 Å². The number of fused-ring (bicyclic) bond motifs is 1. The number of piperazine rings is 1. The Morgan fingerprint density at radius 1 is 1.17 bits per heavy atom. The fourth-order valence-corrected chi connectivity index (χ4v) is 3.77. The predicted molar refractivity (Wildman–Crippen MR) is 112 cm³/mol. The van der Waals surface area contributed by atoms with E-state index in [9.17, 15) is 9.59 Å². The predicted octanol–water partition coefficient (Wildman–Crippen LogP) is 2.01. The van der Waals surface area contributed by atoms with Crippen molar-refractivity contribution in [3.05, 3.63) is 39.2 Å². The van der Waals surface area contributed by atoms with E-state index in [0.29, 0.717) is 30.0 Å². The van der Waals surface area contributed by atoms with Crippen LogP contribution in [0, 0.1) is 20.8 Å². The fraction of sp³-hybridized carbons (Fsp3) is 0.545. The zero-order valence-electron chi connectivity index (χ0n) is 17.7. The van der Waals surface area contributed by atoms with Crippen molar-refractivity contribution in [2.24, 2.45) is 0 Å². The molecule has 7 heteroatoms. The lowest BCUT2D eigenvalue weighted by atomic mass is 10.0. The Morgan fingerprint density at radius 3 is 2.52 bits per heavy atom. The topological polar surface area (TPSA) is 83.2 Å². The number of nitrogens with zero attached hydrogens (tertiary/aromatic N) is 2. The Morgan fingerprint density at radius 2 is 1.86 bits per heavy atom. The average Bonchev–Trinajstić information content (AvgIpc) is 2.69. The maximum atomic E-state index is 12.9. The van der Waals surface area contributed by atoms with Gasteiger partial charge in [-0.05, 0) is 57.4 Å². The molecule has 0 saturated carbocycles. The van der Waals surface area contributed by atoms with Gasteiger partial charge in [-0.2, -0.15) is 0 Å². The molecule has 1 amide bonds. The molecule has 0 bridgehead atoms. The van der Waals surface area contributed by atoms with E-state index in [1.54, 1.807) is 13.8 Å². The van der Waals surface area contributed by atoms with Gasteiger partial charge < -0.3 is 19.2 Å². The molecule has 2 heterocycles. The number of carbonyl (C=O) groups excluding carboxylic acids is 1. The normalized spacial score (nSPS) is 16.2. The molecule has 1 unspecified atom stereocenters. The number of aryl methyl sites for hydroxylation is 2.